The molecule has 0 aromatic heterocycles. The molecule has 1 unspecified atom stereocenters. The van der Waals surface area contributed by atoms with E-state index in [1.54, 1.807) is 24.3 Å². The van der Waals surface area contributed by atoms with Crippen molar-refractivity contribution in [2.45, 2.75) is 30.9 Å². The molecule has 2 aromatic carbocycles. The van der Waals surface area contributed by atoms with Gasteiger partial charge in [0, 0.05) is 3.71 Å². The van der Waals surface area contributed by atoms with Gasteiger partial charge in [0.1, 0.15) is 6.04 Å². The van der Waals surface area contributed by atoms with Gasteiger partial charge in [-0.3, -0.25) is 0 Å². The van der Waals surface area contributed by atoms with Crippen LogP contribution in [0.4, 0.5) is 0 Å². The average molecular weight is 336 g/mol. The minimum absolute atomic E-state index is 0.247. The van der Waals surface area contributed by atoms with Gasteiger partial charge in [-0.05, 0) is 31.5 Å². The number of rotatable bonds is 3. The van der Waals surface area contributed by atoms with E-state index in [9.17, 15) is 8.42 Å². The molecular weight excluding hydrogens is 318 g/mol. The highest BCUT2D eigenvalue weighted by atomic mass is 32.3. The molecular formula is C16H18NO3S2+. The third-order valence-corrected chi connectivity index (χ3v) is 7.11. The highest BCUT2D eigenvalue weighted by Crippen LogP contribution is 2.35. The van der Waals surface area contributed by atoms with Crippen molar-refractivity contribution in [2.75, 3.05) is 0 Å². The Kier molecular flexibility index (Phi) is 4.27. The second kappa shape index (κ2) is 6.04. The summed E-state index contributed by atoms with van der Waals surface area (Å²) in [7, 11) is -3.55. The normalized spacial score (nSPS) is 22.8. The summed E-state index contributed by atoms with van der Waals surface area (Å²) >= 11 is 0.355. The summed E-state index contributed by atoms with van der Waals surface area (Å²) in [6, 6.07) is 16.3. The van der Waals surface area contributed by atoms with E-state index in [1.165, 1.54) is 3.71 Å². The molecule has 1 fully saturated rings. The van der Waals surface area contributed by atoms with Crippen LogP contribution >= 0.6 is 0 Å². The van der Waals surface area contributed by atoms with Gasteiger partial charge < -0.3 is 0 Å². The molecule has 0 N–H and O–H groups in total. The topological polar surface area (TPSA) is 46.6 Å². The predicted molar refractivity (Wildman–Crippen MR) is 88.7 cm³/mol. The summed E-state index contributed by atoms with van der Waals surface area (Å²) in [5, 5.41) is 0. The summed E-state index contributed by atoms with van der Waals surface area (Å²) in [5.74, 6) is 0. The Morgan fingerprint density at radius 2 is 1.68 bits per heavy atom. The van der Waals surface area contributed by atoms with Crippen LogP contribution in [0.2, 0.25) is 0 Å². The zero-order valence-electron chi connectivity index (χ0n) is 12.4. The number of hydrogen-bond donors (Lipinski definition) is 0. The Morgan fingerprint density at radius 3 is 2.32 bits per heavy atom. The van der Waals surface area contributed by atoms with Gasteiger partial charge in [-0.2, -0.15) is 0 Å². The zero-order chi connectivity index (χ0) is 15.7. The molecule has 0 amide bonds. The highest BCUT2D eigenvalue weighted by Gasteiger charge is 2.49. The van der Waals surface area contributed by atoms with Crippen LogP contribution in [0.3, 0.4) is 0 Å². The van der Waals surface area contributed by atoms with Crippen LogP contribution in [0.25, 0.3) is 0 Å². The van der Waals surface area contributed by atoms with Crippen molar-refractivity contribution in [1.29, 1.82) is 0 Å². The number of nitrogens with zero attached hydrogens (tertiary/aromatic N) is 1. The standard InChI is InChI=1S/C16H17NO3S2/c1-12-8-10-15(11-9-12)22(18,19)17-13(2)16(20-21-17)14-6-4-3-5-7-14/h3-11,13,16H,1-2H3/p+1/t13?,16-/m0/s1. The second-order valence-corrected chi connectivity index (χ2v) is 8.24. The first-order valence-corrected chi connectivity index (χ1v) is 9.23. The number of hydrogen-bond acceptors (Lipinski definition) is 3. The lowest BCUT2D eigenvalue weighted by Gasteiger charge is -2.15. The molecule has 22 heavy (non-hydrogen) atoms. The van der Waals surface area contributed by atoms with Gasteiger partial charge in [-0.25, -0.2) is 8.42 Å². The van der Waals surface area contributed by atoms with E-state index < -0.39 is 10.0 Å². The SMILES string of the molecule is Cc1ccc(S(=O)(=O)N2[SH+]O[C@H](c3ccccc3)C2C)cc1. The minimum Gasteiger partial charge on any atom is -0.203 e. The number of aryl methyl sites for hydroxylation is 1. The molecule has 1 heterocycles. The predicted octanol–water partition coefficient (Wildman–Crippen LogP) is 2.79. The van der Waals surface area contributed by atoms with Crippen molar-refractivity contribution >= 4 is 22.3 Å². The average Bonchev–Trinajstić information content (AvgIpc) is 2.91. The lowest BCUT2D eigenvalue weighted by atomic mass is 10.0. The second-order valence-electron chi connectivity index (χ2n) is 5.35. The van der Waals surface area contributed by atoms with Crippen molar-refractivity contribution in [3.63, 3.8) is 0 Å². The maximum atomic E-state index is 12.8. The van der Waals surface area contributed by atoms with Crippen LogP contribution < -0.4 is 0 Å². The van der Waals surface area contributed by atoms with Gasteiger partial charge in [-0.1, -0.05) is 48.0 Å². The van der Waals surface area contributed by atoms with E-state index in [1.807, 2.05) is 44.2 Å². The van der Waals surface area contributed by atoms with Crippen molar-refractivity contribution < 1.29 is 12.6 Å². The van der Waals surface area contributed by atoms with Crippen LogP contribution in [-0.2, 0) is 26.4 Å². The maximum Gasteiger partial charge on any atom is 0.284 e. The fourth-order valence-electron chi connectivity index (χ4n) is 2.44. The maximum absolute atomic E-state index is 12.8. The molecule has 1 aliphatic heterocycles. The van der Waals surface area contributed by atoms with Gasteiger partial charge in [0.15, 0.2) is 6.10 Å². The summed E-state index contributed by atoms with van der Waals surface area (Å²) < 4.78 is 32.7. The zero-order valence-corrected chi connectivity index (χ0v) is 14.1. The quantitative estimate of drug-likeness (QED) is 0.640. The largest absolute Gasteiger partial charge is 0.284 e. The molecule has 6 heteroatoms. The molecule has 1 saturated heterocycles. The Balaban J connectivity index is 1.88. The van der Waals surface area contributed by atoms with Crippen LogP contribution in [-0.4, -0.2) is 18.2 Å². The molecule has 0 saturated carbocycles. The fourth-order valence-corrected chi connectivity index (χ4v) is 5.19. The van der Waals surface area contributed by atoms with E-state index >= 15 is 0 Å². The number of thiol groups is 1. The Labute approximate surface area is 135 Å². The third kappa shape index (κ3) is 2.79. The van der Waals surface area contributed by atoms with E-state index in [-0.39, 0.29) is 12.1 Å². The van der Waals surface area contributed by atoms with Crippen LogP contribution in [0.1, 0.15) is 24.2 Å². The molecule has 0 spiro atoms. The fraction of sp³-hybridized carbons (Fsp3) is 0.250. The smallest absolute Gasteiger partial charge is 0.203 e. The molecule has 116 valence electrons. The molecule has 0 radical (unpaired) electrons. The first-order valence-electron chi connectivity index (χ1n) is 7.03. The first-order chi connectivity index (χ1) is 10.5. The van der Waals surface area contributed by atoms with E-state index in [2.05, 4.69) is 0 Å². The summed E-state index contributed by atoms with van der Waals surface area (Å²) in [6.07, 6.45) is -0.247. The highest BCUT2D eigenvalue weighted by molar-refractivity contribution is 7.97. The van der Waals surface area contributed by atoms with Gasteiger partial charge in [0.05, 0.1) is 4.90 Å². The van der Waals surface area contributed by atoms with Crippen molar-refractivity contribution in [3.05, 3.63) is 65.7 Å². The Morgan fingerprint density at radius 1 is 1.05 bits per heavy atom. The molecule has 1 aliphatic rings. The minimum atomic E-state index is -3.55. The van der Waals surface area contributed by atoms with Crippen molar-refractivity contribution in [3.8, 4) is 0 Å². The first kappa shape index (κ1) is 15.6. The molecule has 3 rings (SSSR count). The van der Waals surface area contributed by atoms with Crippen molar-refractivity contribution in [2.24, 2.45) is 0 Å². The molecule has 0 aliphatic carbocycles. The van der Waals surface area contributed by atoms with E-state index in [0.29, 0.717) is 17.1 Å². The number of sulfonamides is 1. The van der Waals surface area contributed by atoms with Crippen LogP contribution in [0, 0.1) is 6.92 Å². The monoisotopic (exact) mass is 336 g/mol. The lowest BCUT2D eigenvalue weighted by molar-refractivity contribution is 0.231. The molecule has 4 nitrogen and oxygen atoms in total. The van der Waals surface area contributed by atoms with Crippen LogP contribution in [0.15, 0.2) is 59.5 Å². The summed E-state index contributed by atoms with van der Waals surface area (Å²) in [4.78, 5) is 0.301. The van der Waals surface area contributed by atoms with Gasteiger partial charge >= 0.3 is 0 Å². The van der Waals surface area contributed by atoms with Gasteiger partial charge in [0.2, 0.25) is 12.2 Å². The number of benzene rings is 2. The molecule has 2 atom stereocenters. The third-order valence-electron chi connectivity index (χ3n) is 3.72. The van der Waals surface area contributed by atoms with Crippen LogP contribution in [0.5, 0.6) is 0 Å². The van der Waals surface area contributed by atoms with Gasteiger partial charge in [0.25, 0.3) is 10.0 Å². The Bertz CT molecular complexity index is 745. The van der Waals surface area contributed by atoms with Gasteiger partial charge in [-0.15, -0.1) is 4.18 Å². The molecule has 0 bridgehead atoms. The molecule has 2 aromatic rings. The van der Waals surface area contributed by atoms with E-state index in [0.717, 1.165) is 11.1 Å². The summed E-state index contributed by atoms with van der Waals surface area (Å²) in [6.45, 7) is 3.81. The summed E-state index contributed by atoms with van der Waals surface area (Å²) in [5.41, 5.74) is 2.02. The lowest BCUT2D eigenvalue weighted by Crippen LogP contribution is -2.34. The Hall–Kier alpha value is -1.34. The van der Waals surface area contributed by atoms with E-state index in [4.69, 9.17) is 4.18 Å². The van der Waals surface area contributed by atoms with Crippen molar-refractivity contribution in [1.82, 2.24) is 3.71 Å².